The Bertz CT molecular complexity index is 947. The second-order valence-electron chi connectivity index (χ2n) is 4.81. The van der Waals surface area contributed by atoms with Crippen LogP contribution in [-0.2, 0) is 16.2 Å². The molecule has 0 aliphatic heterocycles. The van der Waals surface area contributed by atoms with Crippen LogP contribution in [0.5, 0.6) is 0 Å². The molecule has 5 nitrogen and oxygen atoms in total. The number of hydrogen-bond donors (Lipinski definition) is 2. The summed E-state index contributed by atoms with van der Waals surface area (Å²) in [6.07, 6.45) is -4.75. The van der Waals surface area contributed by atoms with Crippen molar-refractivity contribution in [2.45, 2.75) is 11.1 Å². The van der Waals surface area contributed by atoms with Crippen LogP contribution in [0.3, 0.4) is 0 Å². The van der Waals surface area contributed by atoms with Crippen LogP contribution in [0, 0.1) is 0 Å². The van der Waals surface area contributed by atoms with Gasteiger partial charge in [0.2, 0.25) is 5.91 Å². The second-order valence-corrected chi connectivity index (χ2v) is 7.27. The van der Waals surface area contributed by atoms with Crippen molar-refractivity contribution in [2.24, 2.45) is 5.73 Å². The fraction of sp³-hybridized carbons (Fsp3) is 0.0714. The molecule has 0 aliphatic rings. The highest BCUT2D eigenvalue weighted by Crippen LogP contribution is 2.34. The number of alkyl halides is 3. The van der Waals surface area contributed by atoms with Crippen molar-refractivity contribution in [3.8, 4) is 0 Å². The Kier molecular flexibility index (Phi) is 5.22. The van der Waals surface area contributed by atoms with Crippen molar-refractivity contribution in [2.75, 3.05) is 4.72 Å². The number of halogens is 5. The number of benzene rings is 2. The van der Waals surface area contributed by atoms with Gasteiger partial charge < -0.3 is 5.73 Å². The molecular weight excluding hydrogens is 404 g/mol. The molecule has 25 heavy (non-hydrogen) atoms. The lowest BCUT2D eigenvalue weighted by molar-refractivity contribution is -0.137. The minimum absolute atomic E-state index is 0.0442. The Morgan fingerprint density at radius 2 is 1.64 bits per heavy atom. The molecule has 2 aromatic carbocycles. The second kappa shape index (κ2) is 6.74. The zero-order valence-electron chi connectivity index (χ0n) is 12.1. The number of carbonyl (C=O) groups is 1. The van der Waals surface area contributed by atoms with Crippen molar-refractivity contribution >= 4 is 44.8 Å². The fourth-order valence-corrected chi connectivity index (χ4v) is 3.66. The maximum absolute atomic E-state index is 12.8. The van der Waals surface area contributed by atoms with Crippen LogP contribution >= 0.6 is 23.2 Å². The normalized spacial score (nSPS) is 12.0. The molecule has 0 bridgehead atoms. The Morgan fingerprint density at radius 1 is 1.04 bits per heavy atom. The maximum Gasteiger partial charge on any atom is 0.416 e. The fourth-order valence-electron chi connectivity index (χ4n) is 1.84. The number of primary amides is 1. The summed E-state index contributed by atoms with van der Waals surface area (Å²) in [5.41, 5.74) is 3.63. The number of nitrogens with two attached hydrogens (primary N) is 1. The first-order valence-electron chi connectivity index (χ1n) is 6.41. The van der Waals surface area contributed by atoms with Crippen LogP contribution in [0.2, 0.25) is 10.0 Å². The number of nitrogens with one attached hydrogen (secondary N) is 1. The topological polar surface area (TPSA) is 89.3 Å². The van der Waals surface area contributed by atoms with Gasteiger partial charge in [0.25, 0.3) is 10.0 Å². The molecule has 0 fully saturated rings. The van der Waals surface area contributed by atoms with E-state index in [1.165, 1.54) is 12.1 Å². The van der Waals surface area contributed by atoms with Gasteiger partial charge in [0, 0.05) is 5.56 Å². The van der Waals surface area contributed by atoms with Gasteiger partial charge in [-0.05, 0) is 36.4 Å². The van der Waals surface area contributed by atoms with Crippen LogP contribution < -0.4 is 10.5 Å². The van der Waals surface area contributed by atoms with Crippen molar-refractivity contribution < 1.29 is 26.4 Å². The molecule has 3 N–H and O–H groups in total. The van der Waals surface area contributed by atoms with E-state index in [0.717, 1.165) is 12.1 Å². The standard InChI is InChI=1S/C14H9Cl2F3N2O3S/c15-9-3-1-7(13(20)22)5-11(9)21-25(23,24)12-6-8(14(17,18)19)2-4-10(12)16/h1-6,21H,(H2,20,22). The largest absolute Gasteiger partial charge is 0.416 e. The van der Waals surface area contributed by atoms with Crippen LogP contribution in [0.15, 0.2) is 41.3 Å². The highest BCUT2D eigenvalue weighted by molar-refractivity contribution is 7.92. The summed E-state index contributed by atoms with van der Waals surface area (Å²) in [5, 5.41) is -0.501. The number of carbonyl (C=O) groups excluding carboxylic acids is 1. The lowest BCUT2D eigenvalue weighted by Crippen LogP contribution is -2.17. The van der Waals surface area contributed by atoms with Gasteiger partial charge >= 0.3 is 6.18 Å². The van der Waals surface area contributed by atoms with Crippen molar-refractivity contribution in [3.05, 3.63) is 57.6 Å². The van der Waals surface area contributed by atoms with Gasteiger partial charge in [-0.3, -0.25) is 9.52 Å². The van der Waals surface area contributed by atoms with Crippen LogP contribution in [0.4, 0.5) is 18.9 Å². The van der Waals surface area contributed by atoms with Crippen LogP contribution in [0.25, 0.3) is 0 Å². The summed E-state index contributed by atoms with van der Waals surface area (Å²) >= 11 is 11.6. The van der Waals surface area contributed by atoms with E-state index >= 15 is 0 Å². The van der Waals surface area contributed by atoms with Crippen LogP contribution in [0.1, 0.15) is 15.9 Å². The third kappa shape index (κ3) is 4.36. The third-order valence-corrected chi connectivity index (χ3v) is 5.22. The molecule has 11 heteroatoms. The molecule has 134 valence electrons. The minimum Gasteiger partial charge on any atom is -0.366 e. The van der Waals surface area contributed by atoms with Crippen molar-refractivity contribution in [3.63, 3.8) is 0 Å². The van der Waals surface area contributed by atoms with Gasteiger partial charge in [-0.2, -0.15) is 13.2 Å². The number of anilines is 1. The van der Waals surface area contributed by atoms with E-state index in [9.17, 15) is 26.4 Å². The van der Waals surface area contributed by atoms with E-state index in [2.05, 4.69) is 0 Å². The Morgan fingerprint density at radius 3 is 2.20 bits per heavy atom. The summed E-state index contributed by atoms with van der Waals surface area (Å²) in [6.45, 7) is 0. The smallest absolute Gasteiger partial charge is 0.366 e. The Hall–Kier alpha value is -1.97. The van der Waals surface area contributed by atoms with Gasteiger partial charge in [-0.1, -0.05) is 23.2 Å². The van der Waals surface area contributed by atoms with E-state index in [0.29, 0.717) is 12.1 Å². The Labute approximate surface area is 150 Å². The number of hydrogen-bond acceptors (Lipinski definition) is 3. The highest BCUT2D eigenvalue weighted by atomic mass is 35.5. The van der Waals surface area contributed by atoms with Crippen molar-refractivity contribution in [1.82, 2.24) is 0 Å². The number of amides is 1. The number of rotatable bonds is 4. The first-order valence-corrected chi connectivity index (χ1v) is 8.64. The predicted octanol–water partition coefficient (Wildman–Crippen LogP) is 3.91. The van der Waals surface area contributed by atoms with E-state index in [-0.39, 0.29) is 16.3 Å². The molecule has 2 rings (SSSR count). The summed E-state index contributed by atoms with van der Waals surface area (Å²) in [7, 11) is -4.51. The highest BCUT2D eigenvalue weighted by Gasteiger charge is 2.33. The number of sulfonamides is 1. The SMILES string of the molecule is NC(=O)c1ccc(Cl)c(NS(=O)(=O)c2cc(C(F)(F)F)ccc2Cl)c1. The van der Waals surface area contributed by atoms with Gasteiger partial charge in [0.05, 0.1) is 21.3 Å². The van der Waals surface area contributed by atoms with E-state index < -0.39 is 37.6 Å². The molecule has 0 spiro atoms. The first-order chi connectivity index (χ1) is 11.4. The average molecular weight is 413 g/mol. The lowest BCUT2D eigenvalue weighted by atomic mass is 10.2. The zero-order valence-corrected chi connectivity index (χ0v) is 14.4. The van der Waals surface area contributed by atoms with Gasteiger partial charge in [0.1, 0.15) is 4.90 Å². The average Bonchev–Trinajstić information content (AvgIpc) is 2.48. The zero-order chi connectivity index (χ0) is 19.0. The molecule has 0 unspecified atom stereocenters. The maximum atomic E-state index is 12.8. The van der Waals surface area contributed by atoms with Crippen molar-refractivity contribution in [1.29, 1.82) is 0 Å². The van der Waals surface area contributed by atoms with E-state index in [4.69, 9.17) is 28.9 Å². The predicted molar refractivity (Wildman–Crippen MR) is 87.2 cm³/mol. The first kappa shape index (κ1) is 19.4. The molecule has 0 heterocycles. The summed E-state index contributed by atoms with van der Waals surface area (Å²) < 4.78 is 65.2. The molecule has 0 aliphatic carbocycles. The van der Waals surface area contributed by atoms with E-state index in [1.54, 1.807) is 0 Å². The van der Waals surface area contributed by atoms with Gasteiger partial charge in [-0.15, -0.1) is 0 Å². The molecule has 0 radical (unpaired) electrons. The summed E-state index contributed by atoms with van der Waals surface area (Å²) in [6, 6.07) is 5.41. The molecular formula is C14H9Cl2F3N2O3S. The minimum atomic E-state index is -4.75. The van der Waals surface area contributed by atoms with E-state index in [1.807, 2.05) is 4.72 Å². The Balaban J connectivity index is 2.51. The third-order valence-electron chi connectivity index (χ3n) is 3.04. The molecule has 0 saturated heterocycles. The summed E-state index contributed by atoms with van der Waals surface area (Å²) in [5.74, 6) is -0.839. The molecule has 1 amide bonds. The monoisotopic (exact) mass is 412 g/mol. The molecule has 0 atom stereocenters. The molecule has 0 aromatic heterocycles. The van der Waals surface area contributed by atoms with Gasteiger partial charge in [0.15, 0.2) is 0 Å². The quantitative estimate of drug-likeness (QED) is 0.797. The molecule has 2 aromatic rings. The lowest BCUT2D eigenvalue weighted by Gasteiger charge is -2.14. The van der Waals surface area contributed by atoms with Crippen LogP contribution in [-0.4, -0.2) is 14.3 Å². The van der Waals surface area contributed by atoms with Gasteiger partial charge in [-0.25, -0.2) is 8.42 Å². The molecule has 0 saturated carbocycles. The summed E-state index contributed by atoms with van der Waals surface area (Å²) in [4.78, 5) is 10.4.